The highest BCUT2D eigenvalue weighted by molar-refractivity contribution is 9.10. The van der Waals surface area contributed by atoms with E-state index in [1.807, 2.05) is 0 Å². The van der Waals surface area contributed by atoms with Gasteiger partial charge in [-0.05, 0) is 28.1 Å². The summed E-state index contributed by atoms with van der Waals surface area (Å²) in [5.41, 5.74) is -1.22. The van der Waals surface area contributed by atoms with Crippen molar-refractivity contribution in [2.45, 2.75) is 0 Å². The van der Waals surface area contributed by atoms with Crippen molar-refractivity contribution in [1.82, 2.24) is 0 Å². The number of nitrogens with zero attached hydrogens (tertiary/aromatic N) is 1. The number of carboxylic acids is 1. The van der Waals surface area contributed by atoms with E-state index in [4.69, 9.17) is 5.11 Å². The summed E-state index contributed by atoms with van der Waals surface area (Å²) < 4.78 is 12.5. The third kappa shape index (κ3) is 1.72. The maximum absolute atomic E-state index is 12.9. The Morgan fingerprint density at radius 3 is 2.57 bits per heavy atom. The summed E-state index contributed by atoms with van der Waals surface area (Å²) >= 11 is 2.67. The lowest BCUT2D eigenvalue weighted by Crippen LogP contribution is -2.02. The first-order valence-corrected chi connectivity index (χ1v) is 4.10. The van der Waals surface area contributed by atoms with Gasteiger partial charge in [-0.2, -0.15) is 4.39 Å². The van der Waals surface area contributed by atoms with Gasteiger partial charge < -0.3 is 5.11 Å². The Morgan fingerprint density at radius 2 is 2.14 bits per heavy atom. The van der Waals surface area contributed by atoms with Gasteiger partial charge in [-0.25, -0.2) is 4.79 Å². The molecule has 7 heteroatoms. The Kier molecular flexibility index (Phi) is 2.80. The number of nitro benzene ring substituents is 1. The molecule has 14 heavy (non-hydrogen) atoms. The molecule has 0 aromatic heterocycles. The summed E-state index contributed by atoms with van der Waals surface area (Å²) in [6.45, 7) is 0. The van der Waals surface area contributed by atoms with Crippen LogP contribution in [-0.2, 0) is 0 Å². The van der Waals surface area contributed by atoms with Crippen molar-refractivity contribution in [3.05, 3.63) is 38.1 Å². The van der Waals surface area contributed by atoms with E-state index in [0.29, 0.717) is 0 Å². The molecule has 5 nitrogen and oxygen atoms in total. The van der Waals surface area contributed by atoms with Crippen molar-refractivity contribution in [3.63, 3.8) is 0 Å². The normalized spacial score (nSPS) is 9.86. The number of carboxylic acid groups (broad SMARTS) is 1. The zero-order valence-corrected chi connectivity index (χ0v) is 8.12. The molecule has 0 heterocycles. The number of benzene rings is 1. The maximum atomic E-state index is 12.9. The highest BCUT2D eigenvalue weighted by atomic mass is 79.9. The maximum Gasteiger partial charge on any atom is 0.337 e. The van der Waals surface area contributed by atoms with Crippen LogP contribution in [0, 0.1) is 15.9 Å². The second kappa shape index (κ2) is 3.70. The molecular weight excluding hydrogens is 261 g/mol. The predicted molar refractivity (Wildman–Crippen MR) is 47.7 cm³/mol. The number of hydrogen-bond acceptors (Lipinski definition) is 3. The van der Waals surface area contributed by atoms with Crippen LogP contribution in [0.15, 0.2) is 16.6 Å². The van der Waals surface area contributed by atoms with Gasteiger partial charge in [-0.1, -0.05) is 0 Å². The van der Waals surface area contributed by atoms with Gasteiger partial charge in [0.05, 0.1) is 10.5 Å². The first-order chi connectivity index (χ1) is 6.45. The molecule has 1 rings (SSSR count). The number of rotatable bonds is 2. The highest BCUT2D eigenvalue weighted by Crippen LogP contribution is 2.31. The summed E-state index contributed by atoms with van der Waals surface area (Å²) in [6.07, 6.45) is 0. The minimum absolute atomic E-state index is 0.349. The second-order valence-corrected chi connectivity index (χ2v) is 3.11. The monoisotopic (exact) mass is 263 g/mol. The van der Waals surface area contributed by atoms with Crippen molar-refractivity contribution in [3.8, 4) is 0 Å². The van der Waals surface area contributed by atoms with Crippen molar-refractivity contribution >= 4 is 27.6 Å². The fourth-order valence-corrected chi connectivity index (χ4v) is 1.51. The highest BCUT2D eigenvalue weighted by Gasteiger charge is 2.24. The van der Waals surface area contributed by atoms with E-state index >= 15 is 0 Å². The number of carbonyl (C=O) groups is 1. The van der Waals surface area contributed by atoms with Crippen molar-refractivity contribution < 1.29 is 19.2 Å². The van der Waals surface area contributed by atoms with Crippen LogP contribution in [-0.4, -0.2) is 16.0 Å². The molecule has 0 fully saturated rings. The number of hydrogen-bond donors (Lipinski definition) is 1. The smallest absolute Gasteiger partial charge is 0.337 e. The Hall–Kier alpha value is -1.50. The second-order valence-electron chi connectivity index (χ2n) is 2.32. The molecule has 0 spiro atoms. The van der Waals surface area contributed by atoms with Crippen LogP contribution < -0.4 is 0 Å². The largest absolute Gasteiger partial charge is 0.478 e. The Bertz CT molecular complexity index is 420. The Morgan fingerprint density at radius 1 is 1.57 bits per heavy atom. The molecule has 0 bridgehead atoms. The molecule has 0 saturated heterocycles. The van der Waals surface area contributed by atoms with Crippen LogP contribution in [0.4, 0.5) is 10.1 Å². The fourth-order valence-electron chi connectivity index (χ4n) is 0.874. The molecule has 1 aromatic carbocycles. The van der Waals surface area contributed by atoms with E-state index in [-0.39, 0.29) is 10.0 Å². The number of nitro groups is 1. The molecular formula is C7H3BrFNO4. The van der Waals surface area contributed by atoms with Crippen molar-refractivity contribution in [2.24, 2.45) is 0 Å². The third-order valence-electron chi connectivity index (χ3n) is 1.48. The summed E-state index contributed by atoms with van der Waals surface area (Å²) in [5.74, 6) is -2.44. The summed E-state index contributed by atoms with van der Waals surface area (Å²) in [7, 11) is 0. The molecule has 0 atom stereocenters. The SMILES string of the molecule is O=C(O)c1ccc(F)c([N+](=O)[O-])c1Br. The first kappa shape index (κ1) is 10.6. The predicted octanol–water partition coefficient (Wildman–Crippen LogP) is 2.19. The molecule has 0 radical (unpaired) electrons. The first-order valence-electron chi connectivity index (χ1n) is 3.31. The zero-order valence-electron chi connectivity index (χ0n) is 6.53. The zero-order chi connectivity index (χ0) is 10.9. The third-order valence-corrected chi connectivity index (χ3v) is 2.28. The Labute approximate surface area is 85.4 Å². The Balaban J connectivity index is 3.49. The summed E-state index contributed by atoms with van der Waals surface area (Å²) in [6, 6.07) is 1.70. The van der Waals surface area contributed by atoms with Gasteiger partial charge >= 0.3 is 11.7 Å². The number of halogens is 2. The minimum Gasteiger partial charge on any atom is -0.478 e. The quantitative estimate of drug-likeness (QED) is 0.655. The van der Waals surface area contributed by atoms with Gasteiger partial charge in [0.2, 0.25) is 5.82 Å². The standard InChI is InChI=1S/C7H3BrFNO4/c8-5-3(7(11)12)1-2-4(9)6(5)10(13)14/h1-2H,(H,11,12). The van der Waals surface area contributed by atoms with E-state index in [9.17, 15) is 19.3 Å². The van der Waals surface area contributed by atoms with Crippen LogP contribution >= 0.6 is 15.9 Å². The molecule has 0 unspecified atom stereocenters. The van der Waals surface area contributed by atoms with Gasteiger partial charge in [0.25, 0.3) is 0 Å². The van der Waals surface area contributed by atoms with Gasteiger partial charge in [-0.15, -0.1) is 0 Å². The molecule has 0 saturated carbocycles. The van der Waals surface area contributed by atoms with Gasteiger partial charge in [0.1, 0.15) is 4.47 Å². The fraction of sp³-hybridized carbons (Fsp3) is 0. The topological polar surface area (TPSA) is 80.4 Å². The molecule has 0 amide bonds. The van der Waals surface area contributed by atoms with Crippen LogP contribution in [0.5, 0.6) is 0 Å². The lowest BCUT2D eigenvalue weighted by atomic mass is 10.2. The molecule has 74 valence electrons. The van der Waals surface area contributed by atoms with Gasteiger partial charge in [0.15, 0.2) is 0 Å². The summed E-state index contributed by atoms with van der Waals surface area (Å²) in [4.78, 5) is 19.9. The number of aromatic carboxylic acids is 1. The molecule has 0 aliphatic rings. The van der Waals surface area contributed by atoms with E-state index in [1.165, 1.54) is 0 Å². The van der Waals surface area contributed by atoms with Crippen molar-refractivity contribution in [2.75, 3.05) is 0 Å². The van der Waals surface area contributed by atoms with Crippen molar-refractivity contribution in [1.29, 1.82) is 0 Å². The average molecular weight is 264 g/mol. The van der Waals surface area contributed by atoms with E-state index in [2.05, 4.69) is 15.9 Å². The van der Waals surface area contributed by atoms with E-state index in [0.717, 1.165) is 12.1 Å². The van der Waals surface area contributed by atoms with Gasteiger partial charge in [0, 0.05) is 0 Å². The summed E-state index contributed by atoms with van der Waals surface area (Å²) in [5, 5.41) is 18.9. The lowest BCUT2D eigenvalue weighted by molar-refractivity contribution is -0.388. The minimum atomic E-state index is -1.36. The van der Waals surface area contributed by atoms with E-state index in [1.54, 1.807) is 0 Å². The van der Waals surface area contributed by atoms with Gasteiger partial charge in [-0.3, -0.25) is 10.1 Å². The van der Waals surface area contributed by atoms with Crippen LogP contribution in [0.1, 0.15) is 10.4 Å². The van der Waals surface area contributed by atoms with Crippen LogP contribution in [0.25, 0.3) is 0 Å². The van der Waals surface area contributed by atoms with Crippen LogP contribution in [0.2, 0.25) is 0 Å². The van der Waals surface area contributed by atoms with Crippen LogP contribution in [0.3, 0.4) is 0 Å². The lowest BCUT2D eigenvalue weighted by Gasteiger charge is -2.00. The molecule has 1 aromatic rings. The molecule has 0 aliphatic carbocycles. The van der Waals surface area contributed by atoms with E-state index < -0.39 is 22.4 Å². The average Bonchev–Trinajstić information content (AvgIpc) is 2.02. The molecule has 1 N–H and O–H groups in total. The molecule has 0 aliphatic heterocycles.